The van der Waals surface area contributed by atoms with Crippen molar-refractivity contribution in [3.8, 4) is 0 Å². The first-order valence-corrected chi connectivity index (χ1v) is 9.14. The Balaban J connectivity index is 2.17. The lowest BCUT2D eigenvalue weighted by Crippen LogP contribution is -2.47. The molecular formula is C12H19N3O2S2. The van der Waals surface area contributed by atoms with Crippen molar-refractivity contribution in [1.29, 1.82) is 0 Å². The molecule has 1 fully saturated rings. The fraction of sp³-hybridized carbons (Fsp3) is 0.583. The summed E-state index contributed by atoms with van der Waals surface area (Å²) < 4.78 is 24.2. The molecule has 0 aliphatic carbocycles. The van der Waals surface area contributed by atoms with Crippen LogP contribution in [0.5, 0.6) is 0 Å². The van der Waals surface area contributed by atoms with Gasteiger partial charge in [-0.2, -0.15) is 11.8 Å². The molecule has 2 heterocycles. The highest BCUT2D eigenvalue weighted by Crippen LogP contribution is 2.23. The van der Waals surface area contributed by atoms with Crippen LogP contribution >= 0.6 is 11.8 Å². The molecule has 5 nitrogen and oxygen atoms in total. The zero-order valence-electron chi connectivity index (χ0n) is 10.9. The van der Waals surface area contributed by atoms with Crippen LogP contribution in [0.4, 0.5) is 5.82 Å². The van der Waals surface area contributed by atoms with Crippen LogP contribution in [-0.2, 0) is 16.4 Å². The lowest BCUT2D eigenvalue weighted by atomic mass is 10.3. The molecular weight excluding hydrogens is 282 g/mol. The Hall–Kier alpha value is -0.790. The summed E-state index contributed by atoms with van der Waals surface area (Å²) in [5, 5.41) is -0.403. The third-order valence-electron chi connectivity index (χ3n) is 3.20. The van der Waals surface area contributed by atoms with E-state index in [-0.39, 0.29) is 5.75 Å². The molecule has 1 aliphatic heterocycles. The highest BCUT2D eigenvalue weighted by molar-refractivity contribution is 8.01. The van der Waals surface area contributed by atoms with E-state index in [0.717, 1.165) is 18.0 Å². The lowest BCUT2D eigenvalue weighted by molar-refractivity contribution is 0.259. The molecule has 7 heteroatoms. The van der Waals surface area contributed by atoms with Gasteiger partial charge in [-0.3, -0.25) is 4.90 Å². The van der Waals surface area contributed by atoms with E-state index in [1.54, 1.807) is 24.8 Å². The topological polar surface area (TPSA) is 76.3 Å². The number of sulfone groups is 1. The normalized spacial score (nSPS) is 21.4. The van der Waals surface area contributed by atoms with Gasteiger partial charge < -0.3 is 5.73 Å². The maximum absolute atomic E-state index is 12.1. The SMILES string of the molecule is CCS(=O)(=O)C1CSCCN1Cc1cccc(N)n1. The molecule has 0 radical (unpaired) electrons. The van der Waals surface area contributed by atoms with Gasteiger partial charge in [0.25, 0.3) is 0 Å². The summed E-state index contributed by atoms with van der Waals surface area (Å²) in [6, 6.07) is 5.46. The van der Waals surface area contributed by atoms with Crippen LogP contribution in [0.3, 0.4) is 0 Å². The monoisotopic (exact) mass is 301 g/mol. The molecule has 0 saturated carbocycles. The van der Waals surface area contributed by atoms with E-state index in [2.05, 4.69) is 4.98 Å². The molecule has 0 bridgehead atoms. The van der Waals surface area contributed by atoms with E-state index in [9.17, 15) is 8.42 Å². The summed E-state index contributed by atoms with van der Waals surface area (Å²) in [5.41, 5.74) is 6.48. The van der Waals surface area contributed by atoms with Crippen molar-refractivity contribution >= 4 is 27.4 Å². The van der Waals surface area contributed by atoms with Crippen molar-refractivity contribution in [2.24, 2.45) is 0 Å². The van der Waals surface area contributed by atoms with Gasteiger partial charge in [0.2, 0.25) is 0 Å². The fourth-order valence-electron chi connectivity index (χ4n) is 2.11. The highest BCUT2D eigenvalue weighted by Gasteiger charge is 2.32. The summed E-state index contributed by atoms with van der Waals surface area (Å²) >= 11 is 1.70. The van der Waals surface area contributed by atoms with Gasteiger partial charge in [-0.1, -0.05) is 13.0 Å². The molecule has 1 unspecified atom stereocenters. The standard InChI is InChI=1S/C12H19N3O2S2/c1-2-19(16,17)12-9-18-7-6-15(12)8-10-4-3-5-11(13)14-10/h3-5,12H,2,6-9H2,1H3,(H2,13,14). The largest absolute Gasteiger partial charge is 0.384 e. The third-order valence-corrected chi connectivity index (χ3v) is 6.53. The van der Waals surface area contributed by atoms with Crippen molar-refractivity contribution in [2.45, 2.75) is 18.8 Å². The minimum Gasteiger partial charge on any atom is -0.384 e. The first kappa shape index (κ1) is 14.6. The number of thioether (sulfide) groups is 1. The van der Waals surface area contributed by atoms with E-state index >= 15 is 0 Å². The summed E-state index contributed by atoms with van der Waals surface area (Å²) in [4.78, 5) is 6.24. The molecule has 1 atom stereocenters. The molecule has 106 valence electrons. The zero-order chi connectivity index (χ0) is 13.9. The average Bonchev–Trinajstić information content (AvgIpc) is 2.39. The Morgan fingerprint density at radius 3 is 3.00 bits per heavy atom. The van der Waals surface area contributed by atoms with Crippen LogP contribution in [0.25, 0.3) is 0 Å². The van der Waals surface area contributed by atoms with E-state index in [1.165, 1.54) is 0 Å². The third kappa shape index (κ3) is 3.61. The number of anilines is 1. The number of hydrogen-bond acceptors (Lipinski definition) is 6. The van der Waals surface area contributed by atoms with Crippen LogP contribution in [-0.4, -0.2) is 47.5 Å². The van der Waals surface area contributed by atoms with Crippen LogP contribution in [0.1, 0.15) is 12.6 Å². The van der Waals surface area contributed by atoms with Crippen LogP contribution < -0.4 is 5.73 Å². The van der Waals surface area contributed by atoms with E-state index in [1.807, 2.05) is 17.0 Å². The summed E-state index contributed by atoms with van der Waals surface area (Å²) in [6.45, 7) is 3.01. The molecule has 1 aliphatic rings. The van der Waals surface area contributed by atoms with Crippen molar-refractivity contribution in [3.63, 3.8) is 0 Å². The predicted molar refractivity (Wildman–Crippen MR) is 79.6 cm³/mol. The van der Waals surface area contributed by atoms with Crippen molar-refractivity contribution in [1.82, 2.24) is 9.88 Å². The quantitative estimate of drug-likeness (QED) is 0.893. The molecule has 2 rings (SSSR count). The maximum atomic E-state index is 12.1. The van der Waals surface area contributed by atoms with Gasteiger partial charge >= 0.3 is 0 Å². The first-order valence-electron chi connectivity index (χ1n) is 6.27. The summed E-state index contributed by atoms with van der Waals surface area (Å²) in [7, 11) is -3.05. The Kier molecular flexibility index (Phi) is 4.70. The number of hydrogen-bond donors (Lipinski definition) is 1. The fourth-order valence-corrected chi connectivity index (χ4v) is 5.19. The highest BCUT2D eigenvalue weighted by atomic mass is 32.2. The number of nitrogens with two attached hydrogens (primary N) is 1. The average molecular weight is 301 g/mol. The molecule has 1 saturated heterocycles. The minimum atomic E-state index is -3.05. The second kappa shape index (κ2) is 6.11. The molecule has 1 aromatic heterocycles. The van der Waals surface area contributed by atoms with Gasteiger partial charge in [0.05, 0.1) is 5.69 Å². The number of nitrogen functional groups attached to an aromatic ring is 1. The number of nitrogens with zero attached hydrogens (tertiary/aromatic N) is 2. The van der Waals surface area contributed by atoms with Gasteiger partial charge in [-0.15, -0.1) is 0 Å². The van der Waals surface area contributed by atoms with Crippen LogP contribution in [0.2, 0.25) is 0 Å². The first-order chi connectivity index (χ1) is 9.03. The van der Waals surface area contributed by atoms with Gasteiger partial charge in [-0.25, -0.2) is 13.4 Å². The summed E-state index contributed by atoms with van der Waals surface area (Å²) in [6.07, 6.45) is 0. The number of rotatable bonds is 4. The van der Waals surface area contributed by atoms with Crippen LogP contribution in [0, 0.1) is 0 Å². The van der Waals surface area contributed by atoms with Crippen molar-refractivity contribution in [3.05, 3.63) is 23.9 Å². The Morgan fingerprint density at radius 1 is 1.53 bits per heavy atom. The molecule has 1 aromatic rings. The molecule has 0 amide bonds. The minimum absolute atomic E-state index is 0.180. The Bertz CT molecular complexity index is 534. The number of pyridine rings is 1. The molecule has 0 spiro atoms. The van der Waals surface area contributed by atoms with Crippen molar-refractivity contribution < 1.29 is 8.42 Å². The summed E-state index contributed by atoms with van der Waals surface area (Å²) in [5.74, 6) is 2.24. The van der Waals surface area contributed by atoms with E-state index in [4.69, 9.17) is 5.73 Å². The van der Waals surface area contributed by atoms with Gasteiger partial charge in [0.1, 0.15) is 11.2 Å². The van der Waals surface area contributed by atoms with Crippen molar-refractivity contribution in [2.75, 3.05) is 29.5 Å². The zero-order valence-corrected chi connectivity index (χ0v) is 12.6. The van der Waals surface area contributed by atoms with Gasteiger partial charge in [0.15, 0.2) is 9.84 Å². The van der Waals surface area contributed by atoms with E-state index in [0.29, 0.717) is 18.1 Å². The lowest BCUT2D eigenvalue weighted by Gasteiger charge is -2.34. The van der Waals surface area contributed by atoms with Crippen LogP contribution in [0.15, 0.2) is 18.2 Å². The Morgan fingerprint density at radius 2 is 2.32 bits per heavy atom. The molecule has 2 N–H and O–H groups in total. The molecule has 0 aromatic carbocycles. The van der Waals surface area contributed by atoms with E-state index < -0.39 is 15.2 Å². The maximum Gasteiger partial charge on any atom is 0.166 e. The molecule has 19 heavy (non-hydrogen) atoms. The van der Waals surface area contributed by atoms with Gasteiger partial charge in [-0.05, 0) is 12.1 Å². The second-order valence-corrected chi connectivity index (χ2v) is 8.10. The predicted octanol–water partition coefficient (Wildman–Crippen LogP) is 0.973. The number of aromatic nitrogens is 1. The second-order valence-electron chi connectivity index (χ2n) is 4.51. The smallest absolute Gasteiger partial charge is 0.166 e. The Labute approximate surface area is 118 Å². The van der Waals surface area contributed by atoms with Gasteiger partial charge in [0, 0.05) is 30.3 Å².